The lowest BCUT2D eigenvalue weighted by molar-refractivity contribution is -0.383. The number of nitro groups is 1. The summed E-state index contributed by atoms with van der Waals surface area (Å²) in [5.41, 5.74) is 0.0282. The summed E-state index contributed by atoms with van der Waals surface area (Å²) in [5.74, 6) is -0.342. The van der Waals surface area contributed by atoms with Crippen molar-refractivity contribution in [3.8, 4) is 0 Å². The second-order valence-corrected chi connectivity index (χ2v) is 7.13. The third-order valence-electron chi connectivity index (χ3n) is 2.81. The molecule has 2 N–H and O–H groups in total. The fourth-order valence-corrected chi connectivity index (χ4v) is 3.57. The van der Waals surface area contributed by atoms with E-state index in [1.54, 1.807) is 25.1 Å². The van der Waals surface area contributed by atoms with Gasteiger partial charge >= 0.3 is 0 Å². The molecule has 0 aliphatic heterocycles. The molecular weight excluding hydrogens is 350 g/mol. The van der Waals surface area contributed by atoms with Crippen molar-refractivity contribution in [3.63, 3.8) is 0 Å². The maximum Gasteiger partial charge on any atom is 0.292 e. The average molecular weight is 365 g/mol. The summed E-state index contributed by atoms with van der Waals surface area (Å²) in [6, 6.07) is 6.01. The van der Waals surface area contributed by atoms with Gasteiger partial charge in [0, 0.05) is 12.6 Å². The van der Waals surface area contributed by atoms with Crippen LogP contribution in [0.4, 0.5) is 16.5 Å². The van der Waals surface area contributed by atoms with Crippen LogP contribution < -0.4 is 10.6 Å². The first-order chi connectivity index (χ1) is 11.5. The summed E-state index contributed by atoms with van der Waals surface area (Å²) in [6.07, 6.45) is 1.71. The lowest BCUT2D eigenvalue weighted by Gasteiger charge is -2.10. The molecule has 0 aliphatic rings. The van der Waals surface area contributed by atoms with Gasteiger partial charge in [-0.15, -0.1) is 16.8 Å². The first-order valence-electron chi connectivity index (χ1n) is 6.90. The predicted molar refractivity (Wildman–Crippen MR) is 95.6 cm³/mol. The van der Waals surface area contributed by atoms with E-state index < -0.39 is 10.2 Å². The molecule has 10 heteroatoms. The Morgan fingerprint density at radius 3 is 2.96 bits per heavy atom. The summed E-state index contributed by atoms with van der Waals surface area (Å²) in [4.78, 5) is 22.7. The number of nitro benzene ring substituents is 1. The predicted octanol–water partition coefficient (Wildman–Crippen LogP) is 3.16. The molecule has 24 heavy (non-hydrogen) atoms. The average Bonchev–Trinajstić information content (AvgIpc) is 3.00. The molecule has 8 nitrogen and oxygen atoms in total. The number of carbonyl (C=O) groups excluding carboxylic acids is 1. The molecule has 0 bridgehead atoms. The molecule has 0 unspecified atom stereocenters. The number of carbonyl (C=O) groups is 1. The Morgan fingerprint density at radius 2 is 2.25 bits per heavy atom. The monoisotopic (exact) mass is 365 g/mol. The smallest absolute Gasteiger partial charge is 0.292 e. The van der Waals surface area contributed by atoms with Crippen LogP contribution in [0.2, 0.25) is 0 Å². The van der Waals surface area contributed by atoms with Gasteiger partial charge in [0.25, 0.3) is 5.69 Å². The van der Waals surface area contributed by atoms with Crippen LogP contribution in [0.3, 0.4) is 0 Å². The summed E-state index contributed by atoms with van der Waals surface area (Å²) in [5, 5.41) is 24.7. The largest absolute Gasteiger partial charge is 0.357 e. The molecule has 1 heterocycles. The van der Waals surface area contributed by atoms with Gasteiger partial charge in [0.2, 0.25) is 11.0 Å². The number of para-hydroxylation sites is 2. The molecular formula is C14H15N5O3S2. The van der Waals surface area contributed by atoms with E-state index in [1.807, 2.05) is 0 Å². The molecule has 1 aromatic heterocycles. The molecule has 0 fully saturated rings. The fraction of sp³-hybridized carbons (Fsp3) is 0.214. The first kappa shape index (κ1) is 17.9. The number of hydrogen-bond donors (Lipinski definition) is 2. The van der Waals surface area contributed by atoms with Crippen LogP contribution in [0.25, 0.3) is 0 Å². The van der Waals surface area contributed by atoms with Gasteiger partial charge in [-0.25, -0.2) is 0 Å². The van der Waals surface area contributed by atoms with Crippen LogP contribution in [0, 0.1) is 10.1 Å². The first-order valence-corrected chi connectivity index (χ1v) is 8.60. The van der Waals surface area contributed by atoms with E-state index in [4.69, 9.17) is 0 Å². The van der Waals surface area contributed by atoms with Gasteiger partial charge in [-0.2, -0.15) is 0 Å². The van der Waals surface area contributed by atoms with E-state index in [-0.39, 0.29) is 17.3 Å². The minimum Gasteiger partial charge on any atom is -0.357 e. The molecule has 126 valence electrons. The van der Waals surface area contributed by atoms with Crippen LogP contribution in [0.15, 0.2) is 41.3 Å². The second-order valence-electron chi connectivity index (χ2n) is 4.57. The minimum absolute atomic E-state index is 0.144. The fourth-order valence-electron chi connectivity index (χ4n) is 1.67. The lowest BCUT2D eigenvalue weighted by atomic mass is 10.2. The molecule has 0 aliphatic carbocycles. The highest BCUT2D eigenvalue weighted by Gasteiger charge is 2.20. The quantitative estimate of drug-likeness (QED) is 0.320. The molecule has 2 rings (SSSR count). The van der Waals surface area contributed by atoms with Gasteiger partial charge in [-0.1, -0.05) is 41.3 Å². The summed E-state index contributed by atoms with van der Waals surface area (Å²) >= 11 is 2.56. The number of aromatic nitrogens is 2. The van der Waals surface area contributed by atoms with Crippen molar-refractivity contribution in [1.29, 1.82) is 0 Å². The number of thioether (sulfide) groups is 1. The van der Waals surface area contributed by atoms with Gasteiger partial charge in [0.15, 0.2) is 4.34 Å². The Morgan fingerprint density at radius 1 is 1.50 bits per heavy atom. The minimum atomic E-state index is -0.532. The lowest BCUT2D eigenvalue weighted by Crippen LogP contribution is -2.22. The number of benzene rings is 1. The summed E-state index contributed by atoms with van der Waals surface area (Å²) in [6.45, 7) is 5.88. The van der Waals surface area contributed by atoms with Crippen LogP contribution in [0.1, 0.15) is 6.92 Å². The molecule has 0 radical (unpaired) electrons. The molecule has 0 spiro atoms. The van der Waals surface area contributed by atoms with Crippen LogP contribution in [0.5, 0.6) is 0 Å². The highest BCUT2D eigenvalue weighted by molar-refractivity contribution is 8.02. The third kappa shape index (κ3) is 4.77. The van der Waals surface area contributed by atoms with E-state index >= 15 is 0 Å². The highest BCUT2D eigenvalue weighted by Crippen LogP contribution is 2.30. The molecule has 2 aromatic rings. The molecule has 1 atom stereocenters. The number of hydrogen-bond acceptors (Lipinski definition) is 8. The molecule has 0 saturated heterocycles. The second kappa shape index (κ2) is 8.41. The zero-order valence-electron chi connectivity index (χ0n) is 12.8. The summed E-state index contributed by atoms with van der Waals surface area (Å²) < 4.78 is 0.631. The molecule has 1 amide bonds. The van der Waals surface area contributed by atoms with Crippen molar-refractivity contribution < 1.29 is 9.72 Å². The Kier molecular flexibility index (Phi) is 6.27. The standard InChI is InChI=1S/C14H15N5O3S2/c1-3-8-15-13-17-18-14(24-13)23-9(2)12(20)16-10-6-4-5-7-11(10)19(21)22/h3-7,9H,1,8H2,2H3,(H,15,17)(H,16,20)/t9-/m1/s1. The topological polar surface area (TPSA) is 110 Å². The Balaban J connectivity index is 1.98. The van der Waals surface area contributed by atoms with Crippen molar-refractivity contribution in [2.75, 3.05) is 17.2 Å². The SMILES string of the molecule is C=CCNc1nnc(S[C@H](C)C(=O)Nc2ccccc2[N+](=O)[O-])s1. The van der Waals surface area contributed by atoms with E-state index in [1.165, 1.54) is 35.2 Å². The highest BCUT2D eigenvalue weighted by atomic mass is 32.2. The third-order valence-corrected chi connectivity index (χ3v) is 4.87. The number of rotatable bonds is 8. The molecule has 1 aromatic carbocycles. The van der Waals surface area contributed by atoms with Crippen molar-refractivity contribution in [2.45, 2.75) is 16.5 Å². The van der Waals surface area contributed by atoms with Crippen molar-refractivity contribution in [2.24, 2.45) is 0 Å². The van der Waals surface area contributed by atoms with E-state index in [2.05, 4.69) is 27.4 Å². The number of anilines is 2. The van der Waals surface area contributed by atoms with Gasteiger partial charge in [0.1, 0.15) is 5.69 Å². The van der Waals surface area contributed by atoms with Crippen LogP contribution >= 0.6 is 23.1 Å². The van der Waals surface area contributed by atoms with E-state index in [0.717, 1.165) is 0 Å². The Bertz CT molecular complexity index is 750. The van der Waals surface area contributed by atoms with Crippen LogP contribution in [-0.2, 0) is 4.79 Å². The summed E-state index contributed by atoms with van der Waals surface area (Å²) in [7, 11) is 0. The van der Waals surface area contributed by atoms with Gasteiger partial charge < -0.3 is 10.6 Å². The number of nitrogens with one attached hydrogen (secondary N) is 2. The zero-order chi connectivity index (χ0) is 17.5. The van der Waals surface area contributed by atoms with Gasteiger partial charge in [-0.3, -0.25) is 14.9 Å². The van der Waals surface area contributed by atoms with E-state index in [0.29, 0.717) is 16.0 Å². The maximum atomic E-state index is 12.2. The van der Waals surface area contributed by atoms with Gasteiger partial charge in [0.05, 0.1) is 10.2 Å². The zero-order valence-corrected chi connectivity index (χ0v) is 14.4. The van der Waals surface area contributed by atoms with Crippen molar-refractivity contribution in [1.82, 2.24) is 10.2 Å². The van der Waals surface area contributed by atoms with E-state index in [9.17, 15) is 14.9 Å². The Labute approximate surface area is 146 Å². The maximum absolute atomic E-state index is 12.2. The van der Waals surface area contributed by atoms with Crippen molar-refractivity contribution in [3.05, 3.63) is 47.0 Å². The number of amides is 1. The number of nitrogens with zero attached hydrogens (tertiary/aromatic N) is 3. The van der Waals surface area contributed by atoms with Gasteiger partial charge in [-0.05, 0) is 13.0 Å². The Hall–Kier alpha value is -2.46. The normalized spacial score (nSPS) is 11.5. The molecule has 0 saturated carbocycles. The van der Waals surface area contributed by atoms with Crippen LogP contribution in [-0.4, -0.2) is 32.8 Å². The van der Waals surface area contributed by atoms with Crippen molar-refractivity contribution >= 4 is 45.5 Å².